The van der Waals surface area contributed by atoms with E-state index < -0.39 is 0 Å². The van der Waals surface area contributed by atoms with E-state index in [1.165, 1.54) is 22.0 Å². The molecular formula is C15H15N5OS. The predicted molar refractivity (Wildman–Crippen MR) is 85.2 cm³/mol. The van der Waals surface area contributed by atoms with Gasteiger partial charge in [-0.2, -0.15) is 5.26 Å². The number of aromatic nitrogens is 4. The fourth-order valence-corrected chi connectivity index (χ4v) is 3.48. The summed E-state index contributed by atoms with van der Waals surface area (Å²) in [5.41, 5.74) is 2.68. The van der Waals surface area contributed by atoms with Gasteiger partial charge in [-0.15, -0.1) is 11.3 Å². The van der Waals surface area contributed by atoms with Gasteiger partial charge in [0.1, 0.15) is 11.6 Å². The zero-order valence-corrected chi connectivity index (χ0v) is 13.6. The van der Waals surface area contributed by atoms with E-state index in [9.17, 15) is 10.1 Å². The summed E-state index contributed by atoms with van der Waals surface area (Å²) in [5.74, 6) is 0.0162. The van der Waals surface area contributed by atoms with Crippen LogP contribution in [0.25, 0.3) is 16.2 Å². The Morgan fingerprint density at radius 2 is 2.09 bits per heavy atom. The Hall–Kier alpha value is -2.46. The summed E-state index contributed by atoms with van der Waals surface area (Å²) in [4.78, 5) is 22.7. The lowest BCUT2D eigenvalue weighted by molar-refractivity contribution is 0.798. The lowest BCUT2D eigenvalue weighted by Crippen LogP contribution is -2.22. The topological polar surface area (TPSA) is 86.8 Å². The average molecular weight is 313 g/mol. The van der Waals surface area contributed by atoms with E-state index >= 15 is 0 Å². The SMILES string of the molecule is Cc1nc(C)c(-c2nc3c(C#N)c[nH]n3c(=O)c2C(C)C)s1. The van der Waals surface area contributed by atoms with E-state index in [0.29, 0.717) is 22.5 Å². The van der Waals surface area contributed by atoms with Crippen LogP contribution in [0.15, 0.2) is 11.0 Å². The first-order valence-electron chi connectivity index (χ1n) is 6.92. The van der Waals surface area contributed by atoms with Crippen LogP contribution in [0.2, 0.25) is 0 Å². The maximum atomic E-state index is 12.8. The number of aryl methyl sites for hydroxylation is 2. The number of thiazole rings is 1. The van der Waals surface area contributed by atoms with Gasteiger partial charge in [0, 0.05) is 11.8 Å². The van der Waals surface area contributed by atoms with E-state index in [1.54, 1.807) is 0 Å². The van der Waals surface area contributed by atoms with Gasteiger partial charge in [-0.05, 0) is 19.8 Å². The van der Waals surface area contributed by atoms with Crippen LogP contribution in [0.3, 0.4) is 0 Å². The Balaban J connectivity index is 2.47. The van der Waals surface area contributed by atoms with Crippen molar-refractivity contribution >= 4 is 17.0 Å². The van der Waals surface area contributed by atoms with Crippen molar-refractivity contribution in [2.75, 3.05) is 0 Å². The molecule has 0 saturated heterocycles. The van der Waals surface area contributed by atoms with Crippen LogP contribution in [0, 0.1) is 25.2 Å². The van der Waals surface area contributed by atoms with Crippen molar-refractivity contribution in [2.24, 2.45) is 0 Å². The van der Waals surface area contributed by atoms with Gasteiger partial charge >= 0.3 is 0 Å². The maximum Gasteiger partial charge on any atom is 0.276 e. The Morgan fingerprint density at radius 3 is 2.64 bits per heavy atom. The molecule has 0 bridgehead atoms. The van der Waals surface area contributed by atoms with Crippen molar-refractivity contribution in [3.05, 3.63) is 38.4 Å². The largest absolute Gasteiger partial charge is 0.295 e. The molecule has 0 saturated carbocycles. The molecule has 0 aliphatic carbocycles. The molecule has 0 spiro atoms. The van der Waals surface area contributed by atoms with Crippen molar-refractivity contribution in [3.8, 4) is 16.6 Å². The third kappa shape index (κ3) is 2.04. The zero-order chi connectivity index (χ0) is 16.0. The molecular weight excluding hydrogens is 298 g/mol. The zero-order valence-electron chi connectivity index (χ0n) is 12.8. The molecule has 22 heavy (non-hydrogen) atoms. The van der Waals surface area contributed by atoms with Crippen molar-refractivity contribution < 1.29 is 0 Å². The minimum Gasteiger partial charge on any atom is -0.295 e. The monoisotopic (exact) mass is 313 g/mol. The number of hydrogen-bond acceptors (Lipinski definition) is 5. The van der Waals surface area contributed by atoms with Crippen molar-refractivity contribution in [1.29, 1.82) is 5.26 Å². The summed E-state index contributed by atoms with van der Waals surface area (Å²) in [7, 11) is 0. The molecule has 3 rings (SSSR count). The summed E-state index contributed by atoms with van der Waals surface area (Å²) >= 11 is 1.52. The van der Waals surface area contributed by atoms with Gasteiger partial charge in [0.2, 0.25) is 0 Å². The van der Waals surface area contributed by atoms with Gasteiger partial charge < -0.3 is 0 Å². The van der Waals surface area contributed by atoms with Gasteiger partial charge in [0.15, 0.2) is 5.65 Å². The number of nitriles is 1. The third-order valence-electron chi connectivity index (χ3n) is 3.51. The lowest BCUT2D eigenvalue weighted by atomic mass is 10.0. The number of H-pyrrole nitrogens is 1. The Morgan fingerprint density at radius 1 is 1.36 bits per heavy atom. The minimum atomic E-state index is -0.165. The molecule has 0 aromatic carbocycles. The highest BCUT2D eigenvalue weighted by molar-refractivity contribution is 7.15. The second-order valence-corrected chi connectivity index (χ2v) is 6.64. The fraction of sp³-hybridized carbons (Fsp3) is 0.333. The molecule has 1 N–H and O–H groups in total. The van der Waals surface area contributed by atoms with Gasteiger partial charge in [-0.3, -0.25) is 9.89 Å². The summed E-state index contributed by atoms with van der Waals surface area (Å²) in [6, 6.07) is 2.06. The molecule has 0 unspecified atom stereocenters. The van der Waals surface area contributed by atoms with Crippen LogP contribution in [-0.2, 0) is 0 Å². The lowest BCUT2D eigenvalue weighted by Gasteiger charge is -2.11. The summed E-state index contributed by atoms with van der Waals surface area (Å²) in [5, 5.41) is 12.9. The summed E-state index contributed by atoms with van der Waals surface area (Å²) in [6.07, 6.45) is 1.50. The van der Waals surface area contributed by atoms with Gasteiger partial charge in [-0.25, -0.2) is 14.5 Å². The number of nitrogens with one attached hydrogen (secondary N) is 1. The molecule has 112 valence electrons. The smallest absolute Gasteiger partial charge is 0.276 e. The third-order valence-corrected chi connectivity index (χ3v) is 4.59. The average Bonchev–Trinajstić information content (AvgIpc) is 3.00. The minimum absolute atomic E-state index is 0.0162. The van der Waals surface area contributed by atoms with Crippen molar-refractivity contribution in [2.45, 2.75) is 33.6 Å². The van der Waals surface area contributed by atoms with Gasteiger partial charge in [0.25, 0.3) is 5.56 Å². The molecule has 0 amide bonds. The first-order chi connectivity index (χ1) is 10.4. The molecule has 3 heterocycles. The van der Waals surface area contributed by atoms with Crippen LogP contribution in [0.5, 0.6) is 0 Å². The molecule has 0 atom stereocenters. The molecule has 0 radical (unpaired) electrons. The van der Waals surface area contributed by atoms with Crippen molar-refractivity contribution in [3.63, 3.8) is 0 Å². The molecule has 6 nitrogen and oxygen atoms in total. The summed E-state index contributed by atoms with van der Waals surface area (Å²) < 4.78 is 1.33. The number of nitrogens with zero attached hydrogens (tertiary/aromatic N) is 4. The van der Waals surface area contributed by atoms with Crippen LogP contribution >= 0.6 is 11.3 Å². The molecule has 3 aromatic rings. The highest BCUT2D eigenvalue weighted by Gasteiger charge is 2.22. The van der Waals surface area contributed by atoms with Crippen LogP contribution < -0.4 is 5.56 Å². The highest BCUT2D eigenvalue weighted by atomic mass is 32.1. The molecule has 0 aliphatic heterocycles. The Bertz CT molecular complexity index is 970. The maximum absolute atomic E-state index is 12.8. The first-order valence-corrected chi connectivity index (χ1v) is 7.74. The van der Waals surface area contributed by atoms with Gasteiger partial charge in [0.05, 0.1) is 21.3 Å². The second-order valence-electron chi connectivity index (χ2n) is 5.44. The molecule has 0 fully saturated rings. The first kappa shape index (κ1) is 14.5. The van der Waals surface area contributed by atoms with E-state index in [-0.39, 0.29) is 11.5 Å². The number of aromatic amines is 1. The Labute approximate surface area is 131 Å². The van der Waals surface area contributed by atoms with Crippen LogP contribution in [0.4, 0.5) is 0 Å². The predicted octanol–water partition coefficient (Wildman–Crippen LogP) is 2.76. The van der Waals surface area contributed by atoms with Crippen LogP contribution in [0.1, 0.15) is 41.6 Å². The fourth-order valence-electron chi connectivity index (χ4n) is 2.55. The molecule has 7 heteroatoms. The van der Waals surface area contributed by atoms with E-state index in [1.807, 2.05) is 27.7 Å². The van der Waals surface area contributed by atoms with Crippen molar-refractivity contribution in [1.82, 2.24) is 19.6 Å². The van der Waals surface area contributed by atoms with E-state index in [4.69, 9.17) is 0 Å². The molecule has 3 aromatic heterocycles. The number of rotatable bonds is 2. The number of fused-ring (bicyclic) bond motifs is 1. The van der Waals surface area contributed by atoms with E-state index in [2.05, 4.69) is 21.1 Å². The van der Waals surface area contributed by atoms with Gasteiger partial charge in [-0.1, -0.05) is 13.8 Å². The standard InChI is InChI=1S/C15H15N5OS/c1-7(2)11-12(13-8(3)18-9(4)22-13)19-14-10(5-16)6-17-20(14)15(11)21/h6-7,17H,1-4H3. The quantitative estimate of drug-likeness (QED) is 0.788. The summed E-state index contributed by atoms with van der Waals surface area (Å²) in [6.45, 7) is 7.77. The normalized spacial score (nSPS) is 11.3. The Kier molecular flexibility index (Phi) is 3.34. The van der Waals surface area contributed by atoms with Crippen LogP contribution in [-0.4, -0.2) is 19.6 Å². The number of hydrogen-bond donors (Lipinski definition) is 1. The highest BCUT2D eigenvalue weighted by Crippen LogP contribution is 2.32. The van der Waals surface area contributed by atoms with E-state index in [0.717, 1.165) is 15.6 Å². The molecule has 0 aliphatic rings. The second kappa shape index (κ2) is 5.07.